The molecule has 2 unspecified atom stereocenters. The van der Waals surface area contributed by atoms with Gasteiger partial charge in [-0.2, -0.15) is 0 Å². The Labute approximate surface area is 166 Å². The number of urea groups is 1. The summed E-state index contributed by atoms with van der Waals surface area (Å²) in [4.78, 5) is 17.4. The van der Waals surface area contributed by atoms with Gasteiger partial charge in [0.2, 0.25) is 0 Å². The van der Waals surface area contributed by atoms with Crippen LogP contribution in [-0.2, 0) is 0 Å². The van der Waals surface area contributed by atoms with Crippen molar-refractivity contribution in [1.82, 2.24) is 15.6 Å². The summed E-state index contributed by atoms with van der Waals surface area (Å²) in [6, 6.07) is 12.5. The van der Waals surface area contributed by atoms with E-state index in [9.17, 15) is 9.90 Å². The molecule has 3 aromatic rings. The lowest BCUT2D eigenvalue weighted by Gasteiger charge is -2.12. The van der Waals surface area contributed by atoms with Crippen molar-refractivity contribution in [3.63, 3.8) is 0 Å². The first-order chi connectivity index (χ1) is 13.6. The molecule has 2 amide bonds. The maximum absolute atomic E-state index is 11.4. The van der Waals surface area contributed by atoms with Crippen molar-refractivity contribution in [2.75, 3.05) is 0 Å². The molecule has 0 radical (unpaired) electrons. The summed E-state index contributed by atoms with van der Waals surface area (Å²) < 4.78 is 5.50. The SMILES string of the molecule is Cc1cc(C#Cc2ccc(Sc3ccoc3C3NC(=O)NC3O)cc2)ccn1. The lowest BCUT2D eigenvalue weighted by Crippen LogP contribution is -2.26. The number of hydrogen-bond donors (Lipinski definition) is 3. The van der Waals surface area contributed by atoms with Crippen LogP contribution in [-0.4, -0.2) is 22.3 Å². The zero-order valence-corrected chi connectivity index (χ0v) is 15.8. The largest absolute Gasteiger partial charge is 0.466 e. The van der Waals surface area contributed by atoms with Gasteiger partial charge in [-0.3, -0.25) is 4.98 Å². The molecule has 0 spiro atoms. The molecule has 28 heavy (non-hydrogen) atoms. The van der Waals surface area contributed by atoms with Gasteiger partial charge in [0.05, 0.1) is 11.2 Å². The molecular weight excluding hydrogens is 374 g/mol. The van der Waals surface area contributed by atoms with Gasteiger partial charge in [-0.1, -0.05) is 23.6 Å². The Morgan fingerprint density at radius 1 is 1.11 bits per heavy atom. The van der Waals surface area contributed by atoms with Crippen molar-refractivity contribution in [3.8, 4) is 11.8 Å². The summed E-state index contributed by atoms with van der Waals surface area (Å²) >= 11 is 1.50. The van der Waals surface area contributed by atoms with E-state index in [0.29, 0.717) is 5.76 Å². The zero-order valence-electron chi connectivity index (χ0n) is 15.0. The summed E-state index contributed by atoms with van der Waals surface area (Å²) in [6.07, 6.45) is 2.28. The molecular formula is C21H17N3O3S. The molecule has 1 fully saturated rings. The first-order valence-electron chi connectivity index (χ1n) is 8.63. The predicted molar refractivity (Wildman–Crippen MR) is 105 cm³/mol. The van der Waals surface area contributed by atoms with Crippen LogP contribution in [0.3, 0.4) is 0 Å². The molecule has 3 heterocycles. The number of rotatable bonds is 3. The van der Waals surface area contributed by atoms with E-state index in [0.717, 1.165) is 26.6 Å². The monoisotopic (exact) mass is 391 g/mol. The second-order valence-electron chi connectivity index (χ2n) is 6.25. The van der Waals surface area contributed by atoms with Crippen LogP contribution < -0.4 is 10.6 Å². The second kappa shape index (κ2) is 7.80. The molecule has 2 aromatic heterocycles. The molecule has 0 aliphatic carbocycles. The molecule has 4 rings (SSSR count). The number of furan rings is 1. The molecule has 1 saturated heterocycles. The third-order valence-electron chi connectivity index (χ3n) is 4.15. The summed E-state index contributed by atoms with van der Waals surface area (Å²) in [7, 11) is 0. The number of nitrogens with one attached hydrogen (secondary N) is 2. The van der Waals surface area contributed by atoms with Crippen molar-refractivity contribution in [3.05, 3.63) is 77.5 Å². The number of amides is 2. The maximum atomic E-state index is 11.4. The van der Waals surface area contributed by atoms with Crippen LogP contribution in [0.1, 0.15) is 28.6 Å². The minimum absolute atomic E-state index is 0.419. The highest BCUT2D eigenvalue weighted by Crippen LogP contribution is 2.35. The standard InChI is InChI=1S/C21H17N3O3S/c1-13-12-15(8-10-22-13)3-2-14-4-6-16(7-5-14)28-17-9-11-27-19(17)18-20(25)24-21(26)23-18/h4-12,18,20,25H,1H3,(H2,23,24,26). The molecule has 0 saturated carbocycles. The molecule has 140 valence electrons. The number of carbonyl (C=O) groups is 1. The average molecular weight is 391 g/mol. The minimum Gasteiger partial charge on any atom is -0.466 e. The highest BCUT2D eigenvalue weighted by Gasteiger charge is 2.35. The minimum atomic E-state index is -1.02. The molecule has 1 aromatic carbocycles. The van der Waals surface area contributed by atoms with Gasteiger partial charge in [0.15, 0.2) is 6.23 Å². The van der Waals surface area contributed by atoms with Gasteiger partial charge >= 0.3 is 6.03 Å². The number of aromatic nitrogens is 1. The number of aliphatic hydroxyl groups excluding tert-OH is 1. The Morgan fingerprint density at radius 3 is 2.61 bits per heavy atom. The first kappa shape index (κ1) is 18.2. The summed E-state index contributed by atoms with van der Waals surface area (Å²) in [6.45, 7) is 1.94. The summed E-state index contributed by atoms with van der Waals surface area (Å²) in [5, 5.41) is 15.0. The van der Waals surface area contributed by atoms with Crippen molar-refractivity contribution >= 4 is 17.8 Å². The summed E-state index contributed by atoms with van der Waals surface area (Å²) in [5.41, 5.74) is 2.78. The van der Waals surface area contributed by atoms with Crippen LogP contribution in [0.5, 0.6) is 0 Å². The van der Waals surface area contributed by atoms with Gasteiger partial charge in [-0.05, 0) is 49.4 Å². The van der Waals surface area contributed by atoms with Crippen LogP contribution in [0.2, 0.25) is 0 Å². The third-order valence-corrected chi connectivity index (χ3v) is 5.22. The van der Waals surface area contributed by atoms with E-state index in [-0.39, 0.29) is 0 Å². The topological polar surface area (TPSA) is 87.4 Å². The number of pyridine rings is 1. The van der Waals surface area contributed by atoms with E-state index in [1.807, 2.05) is 49.4 Å². The molecule has 1 aliphatic heterocycles. The lowest BCUT2D eigenvalue weighted by atomic mass is 10.2. The number of nitrogens with zero attached hydrogens (tertiary/aromatic N) is 1. The smallest absolute Gasteiger partial charge is 0.317 e. The van der Waals surface area contributed by atoms with Crippen molar-refractivity contribution < 1.29 is 14.3 Å². The molecule has 7 heteroatoms. The normalized spacial score (nSPS) is 18.1. The number of carbonyl (C=O) groups excluding carboxylic acids is 1. The van der Waals surface area contributed by atoms with Crippen molar-refractivity contribution in [2.45, 2.75) is 29.0 Å². The molecule has 1 aliphatic rings. The van der Waals surface area contributed by atoms with E-state index in [4.69, 9.17) is 4.42 Å². The third kappa shape index (κ3) is 4.03. The van der Waals surface area contributed by atoms with Gasteiger partial charge < -0.3 is 20.2 Å². The average Bonchev–Trinajstić information content (AvgIpc) is 3.26. The molecule has 0 bridgehead atoms. The van der Waals surface area contributed by atoms with Crippen LogP contribution in [0.25, 0.3) is 0 Å². The molecule has 3 N–H and O–H groups in total. The Bertz CT molecular complexity index is 1070. The van der Waals surface area contributed by atoms with Gasteiger partial charge in [-0.25, -0.2) is 4.79 Å². The predicted octanol–water partition coefficient (Wildman–Crippen LogP) is 3.21. The highest BCUT2D eigenvalue weighted by atomic mass is 32.2. The van der Waals surface area contributed by atoms with E-state index < -0.39 is 18.3 Å². The highest BCUT2D eigenvalue weighted by molar-refractivity contribution is 7.99. The van der Waals surface area contributed by atoms with Crippen LogP contribution in [0, 0.1) is 18.8 Å². The van der Waals surface area contributed by atoms with E-state index in [1.165, 1.54) is 11.8 Å². The fraction of sp³-hybridized carbons (Fsp3) is 0.143. The van der Waals surface area contributed by atoms with Crippen molar-refractivity contribution in [1.29, 1.82) is 0 Å². The number of aliphatic hydroxyl groups is 1. The van der Waals surface area contributed by atoms with Gasteiger partial charge in [0.1, 0.15) is 11.8 Å². The fourth-order valence-corrected chi connectivity index (χ4v) is 3.73. The maximum Gasteiger partial charge on any atom is 0.317 e. The zero-order chi connectivity index (χ0) is 19.5. The van der Waals surface area contributed by atoms with E-state index in [1.54, 1.807) is 12.5 Å². The van der Waals surface area contributed by atoms with Crippen LogP contribution >= 0.6 is 11.8 Å². The quantitative estimate of drug-likeness (QED) is 0.597. The number of benzene rings is 1. The Hall–Kier alpha value is -3.21. The summed E-state index contributed by atoms with van der Waals surface area (Å²) in [5.74, 6) is 6.80. The fourth-order valence-electron chi connectivity index (χ4n) is 2.81. The second-order valence-corrected chi connectivity index (χ2v) is 7.37. The number of hydrogen-bond acceptors (Lipinski definition) is 5. The van der Waals surface area contributed by atoms with Gasteiger partial charge in [0.25, 0.3) is 0 Å². The van der Waals surface area contributed by atoms with Crippen LogP contribution in [0.15, 0.2) is 69.1 Å². The first-order valence-corrected chi connectivity index (χ1v) is 9.45. The Balaban J connectivity index is 1.48. The van der Waals surface area contributed by atoms with Crippen molar-refractivity contribution in [2.24, 2.45) is 0 Å². The van der Waals surface area contributed by atoms with Crippen LogP contribution in [0.4, 0.5) is 4.79 Å². The van der Waals surface area contributed by atoms with Gasteiger partial charge in [0, 0.05) is 27.9 Å². The van der Waals surface area contributed by atoms with E-state index >= 15 is 0 Å². The lowest BCUT2D eigenvalue weighted by molar-refractivity contribution is 0.129. The van der Waals surface area contributed by atoms with Gasteiger partial charge in [-0.15, -0.1) is 0 Å². The Morgan fingerprint density at radius 2 is 1.89 bits per heavy atom. The molecule has 2 atom stereocenters. The number of aryl methyl sites for hydroxylation is 1. The van der Waals surface area contributed by atoms with E-state index in [2.05, 4.69) is 27.5 Å². The molecule has 6 nitrogen and oxygen atoms in total. The Kier molecular flexibility index (Phi) is 5.06.